The second kappa shape index (κ2) is 3.50. The highest BCUT2D eigenvalue weighted by Gasteiger charge is 2.54. The minimum absolute atomic E-state index is 0.0950. The van der Waals surface area contributed by atoms with Gasteiger partial charge in [-0.05, 0) is 62.7 Å². The SMILES string of the molecule is CCOC(=O)[C@@H]1C[C@@H]2CC[C@H]1C1CCC12. The molecule has 0 aromatic carbocycles. The molecule has 4 saturated carbocycles. The van der Waals surface area contributed by atoms with Gasteiger partial charge in [0.2, 0.25) is 0 Å². The van der Waals surface area contributed by atoms with Crippen molar-refractivity contribution in [3.8, 4) is 0 Å². The zero-order valence-corrected chi connectivity index (χ0v) is 9.45. The van der Waals surface area contributed by atoms with Gasteiger partial charge in [-0.3, -0.25) is 4.79 Å². The first-order valence-corrected chi connectivity index (χ1v) is 6.48. The molecule has 0 spiro atoms. The molecule has 2 unspecified atom stereocenters. The van der Waals surface area contributed by atoms with Crippen molar-refractivity contribution in [2.75, 3.05) is 6.61 Å². The fourth-order valence-electron chi connectivity index (χ4n) is 4.32. The Morgan fingerprint density at radius 1 is 1.13 bits per heavy atom. The normalized spacial score (nSPS) is 46.9. The molecule has 0 N–H and O–H groups in total. The molecule has 0 heterocycles. The third-order valence-corrected chi connectivity index (χ3v) is 5.07. The smallest absolute Gasteiger partial charge is 0.309 e. The van der Waals surface area contributed by atoms with Gasteiger partial charge in [0.1, 0.15) is 0 Å². The van der Waals surface area contributed by atoms with Gasteiger partial charge in [0.25, 0.3) is 0 Å². The van der Waals surface area contributed by atoms with Gasteiger partial charge in [-0.15, -0.1) is 0 Å². The van der Waals surface area contributed by atoms with E-state index in [1.807, 2.05) is 6.92 Å². The zero-order valence-electron chi connectivity index (χ0n) is 9.45. The van der Waals surface area contributed by atoms with Crippen LogP contribution in [0.2, 0.25) is 0 Å². The van der Waals surface area contributed by atoms with Crippen LogP contribution in [0.5, 0.6) is 0 Å². The third-order valence-electron chi connectivity index (χ3n) is 5.07. The Balaban J connectivity index is 1.74. The fourth-order valence-corrected chi connectivity index (χ4v) is 4.32. The topological polar surface area (TPSA) is 26.3 Å². The van der Waals surface area contributed by atoms with E-state index in [1.165, 1.54) is 25.7 Å². The first-order chi connectivity index (χ1) is 7.31. The number of rotatable bonds is 2. The lowest BCUT2D eigenvalue weighted by Crippen LogP contribution is -2.52. The van der Waals surface area contributed by atoms with Crippen molar-refractivity contribution in [1.82, 2.24) is 0 Å². The number of hydrogen-bond donors (Lipinski definition) is 0. The number of hydrogen-bond acceptors (Lipinski definition) is 2. The molecule has 15 heavy (non-hydrogen) atoms. The standard InChI is InChI=1S/C13H20O2/c1-2-15-13(14)12-7-8-3-4-11(12)10-6-5-9(8)10/h8-12H,2-7H2,1H3/t8-,9?,10?,11-,12+/m0/s1. The van der Waals surface area contributed by atoms with E-state index in [1.54, 1.807) is 0 Å². The lowest BCUT2D eigenvalue weighted by atomic mass is 9.47. The molecule has 2 bridgehead atoms. The van der Waals surface area contributed by atoms with Gasteiger partial charge < -0.3 is 4.74 Å². The molecule has 0 aromatic heterocycles. The molecular formula is C13H20O2. The van der Waals surface area contributed by atoms with E-state index in [4.69, 9.17) is 4.74 Å². The molecular weight excluding hydrogens is 188 g/mol. The highest BCUT2D eigenvalue weighted by atomic mass is 16.5. The van der Waals surface area contributed by atoms with Gasteiger partial charge >= 0.3 is 5.97 Å². The van der Waals surface area contributed by atoms with Gasteiger partial charge in [0.15, 0.2) is 0 Å². The van der Waals surface area contributed by atoms with Crippen LogP contribution in [0.3, 0.4) is 0 Å². The molecule has 0 aromatic rings. The lowest BCUT2D eigenvalue weighted by Gasteiger charge is -2.57. The Morgan fingerprint density at radius 3 is 2.47 bits per heavy atom. The second-order valence-corrected chi connectivity index (χ2v) is 5.50. The molecule has 0 radical (unpaired) electrons. The van der Waals surface area contributed by atoms with E-state index in [-0.39, 0.29) is 11.9 Å². The predicted octanol–water partition coefficient (Wildman–Crippen LogP) is 2.62. The summed E-state index contributed by atoms with van der Waals surface area (Å²) in [5.74, 6) is 3.74. The van der Waals surface area contributed by atoms with Crippen LogP contribution in [0.1, 0.15) is 39.0 Å². The Hall–Kier alpha value is -0.530. The first-order valence-electron chi connectivity index (χ1n) is 6.48. The van der Waals surface area contributed by atoms with Gasteiger partial charge in [0.05, 0.1) is 12.5 Å². The Kier molecular flexibility index (Phi) is 2.26. The van der Waals surface area contributed by atoms with Crippen LogP contribution in [0.4, 0.5) is 0 Å². The van der Waals surface area contributed by atoms with Gasteiger partial charge in [-0.1, -0.05) is 0 Å². The Labute approximate surface area is 91.4 Å². The van der Waals surface area contributed by atoms with Crippen LogP contribution < -0.4 is 0 Å². The van der Waals surface area contributed by atoms with Crippen LogP contribution in [0.25, 0.3) is 0 Å². The lowest BCUT2D eigenvalue weighted by molar-refractivity contribution is -0.164. The van der Waals surface area contributed by atoms with Crippen LogP contribution >= 0.6 is 0 Å². The molecule has 4 aliphatic rings. The van der Waals surface area contributed by atoms with E-state index < -0.39 is 0 Å². The van der Waals surface area contributed by atoms with Crippen LogP contribution in [0, 0.1) is 29.6 Å². The van der Waals surface area contributed by atoms with Crippen molar-refractivity contribution in [1.29, 1.82) is 0 Å². The monoisotopic (exact) mass is 208 g/mol. The Bertz CT molecular complexity index is 272. The van der Waals surface area contributed by atoms with Crippen LogP contribution in [-0.2, 0) is 9.53 Å². The van der Waals surface area contributed by atoms with E-state index in [0.717, 1.165) is 24.2 Å². The number of esters is 1. The van der Waals surface area contributed by atoms with Gasteiger partial charge in [-0.25, -0.2) is 0 Å². The van der Waals surface area contributed by atoms with Crippen molar-refractivity contribution in [3.63, 3.8) is 0 Å². The van der Waals surface area contributed by atoms with Crippen molar-refractivity contribution < 1.29 is 9.53 Å². The van der Waals surface area contributed by atoms with Crippen molar-refractivity contribution in [2.45, 2.75) is 39.0 Å². The molecule has 2 nitrogen and oxygen atoms in total. The summed E-state index contributed by atoms with van der Waals surface area (Å²) in [6.45, 7) is 2.45. The van der Waals surface area contributed by atoms with Crippen molar-refractivity contribution >= 4 is 5.97 Å². The summed E-state index contributed by atoms with van der Waals surface area (Å²) in [5.41, 5.74) is 0. The summed E-state index contributed by atoms with van der Waals surface area (Å²) >= 11 is 0. The highest BCUT2D eigenvalue weighted by molar-refractivity contribution is 5.73. The maximum atomic E-state index is 11.8. The first kappa shape index (κ1) is 9.68. The quantitative estimate of drug-likeness (QED) is 0.652. The third kappa shape index (κ3) is 1.33. The maximum Gasteiger partial charge on any atom is 0.309 e. The average molecular weight is 208 g/mol. The van der Waals surface area contributed by atoms with E-state index >= 15 is 0 Å². The largest absolute Gasteiger partial charge is 0.466 e. The van der Waals surface area contributed by atoms with Crippen molar-refractivity contribution in [2.24, 2.45) is 29.6 Å². The summed E-state index contributed by atoms with van der Waals surface area (Å²) in [6.07, 6.45) is 6.60. The molecule has 4 aliphatic carbocycles. The summed E-state index contributed by atoms with van der Waals surface area (Å²) in [4.78, 5) is 11.8. The molecule has 2 heteroatoms. The average Bonchev–Trinajstić information content (AvgIpc) is 2.17. The predicted molar refractivity (Wildman–Crippen MR) is 57.2 cm³/mol. The molecule has 4 fully saturated rings. The van der Waals surface area contributed by atoms with Crippen LogP contribution in [0.15, 0.2) is 0 Å². The summed E-state index contributed by atoms with van der Waals surface area (Å²) in [5, 5.41) is 0. The second-order valence-electron chi connectivity index (χ2n) is 5.50. The fraction of sp³-hybridized carbons (Fsp3) is 0.923. The summed E-state index contributed by atoms with van der Waals surface area (Å²) in [7, 11) is 0. The number of carbonyl (C=O) groups excluding carboxylic acids is 1. The number of ether oxygens (including phenoxy) is 1. The highest BCUT2D eigenvalue weighted by Crippen LogP contribution is 2.60. The molecule has 0 saturated heterocycles. The van der Waals surface area contributed by atoms with E-state index in [9.17, 15) is 4.79 Å². The van der Waals surface area contributed by atoms with Crippen molar-refractivity contribution in [3.05, 3.63) is 0 Å². The molecule has 0 aliphatic heterocycles. The molecule has 84 valence electrons. The maximum absolute atomic E-state index is 11.8. The van der Waals surface area contributed by atoms with E-state index in [2.05, 4.69) is 0 Å². The number of fused-ring (bicyclic) bond motifs is 2. The van der Waals surface area contributed by atoms with Gasteiger partial charge in [0, 0.05) is 0 Å². The summed E-state index contributed by atoms with van der Waals surface area (Å²) in [6, 6.07) is 0. The van der Waals surface area contributed by atoms with Gasteiger partial charge in [-0.2, -0.15) is 0 Å². The molecule has 4 rings (SSSR count). The Morgan fingerprint density at radius 2 is 1.87 bits per heavy atom. The van der Waals surface area contributed by atoms with E-state index in [0.29, 0.717) is 12.5 Å². The minimum atomic E-state index is 0.0950. The number of carbonyl (C=O) groups is 1. The minimum Gasteiger partial charge on any atom is -0.466 e. The molecule has 0 amide bonds. The zero-order chi connectivity index (χ0) is 10.4. The summed E-state index contributed by atoms with van der Waals surface area (Å²) < 4.78 is 5.20. The van der Waals surface area contributed by atoms with Crippen LogP contribution in [-0.4, -0.2) is 12.6 Å². The molecule has 5 atom stereocenters.